The van der Waals surface area contributed by atoms with E-state index in [9.17, 15) is 4.79 Å². The van der Waals surface area contributed by atoms with Gasteiger partial charge < -0.3 is 5.32 Å². The number of amides is 1. The number of benzene rings is 1. The molecule has 0 bridgehead atoms. The third-order valence-corrected chi connectivity index (χ3v) is 5.34. The highest BCUT2D eigenvalue weighted by atomic mass is 16.1. The Morgan fingerprint density at radius 1 is 1.15 bits per heavy atom. The highest BCUT2D eigenvalue weighted by Crippen LogP contribution is 2.20. The second-order valence-corrected chi connectivity index (χ2v) is 9.06. The number of aromatic amines is 1. The first kappa shape index (κ1) is 23.0. The molecule has 0 fully saturated rings. The first-order chi connectivity index (χ1) is 16.4. The highest BCUT2D eigenvalue weighted by Gasteiger charge is 2.15. The summed E-state index contributed by atoms with van der Waals surface area (Å²) in [4.78, 5) is 17.5. The van der Waals surface area contributed by atoms with Crippen molar-refractivity contribution in [3.8, 4) is 17.5 Å². The number of nitrogens with one attached hydrogen (secondary N) is 2. The van der Waals surface area contributed by atoms with Crippen molar-refractivity contribution in [1.29, 1.82) is 0 Å². The number of nitrogens with zero attached hydrogens (tertiary/aromatic N) is 4. The Morgan fingerprint density at radius 3 is 2.76 bits per heavy atom. The summed E-state index contributed by atoms with van der Waals surface area (Å²) in [6, 6.07) is 13.2. The Labute approximate surface area is 199 Å². The molecule has 7 heteroatoms. The topological polar surface area (TPSA) is 88.5 Å². The van der Waals surface area contributed by atoms with Crippen LogP contribution in [0.5, 0.6) is 0 Å². The SMILES string of the molecule is CC(C)(C)c1cccc(C#Cc2cc(C(=O)NCCCc3cn[nH]c3)ccc2-n2cccn2)n1. The van der Waals surface area contributed by atoms with E-state index in [2.05, 4.69) is 53.2 Å². The zero-order valence-electron chi connectivity index (χ0n) is 19.7. The molecule has 1 amide bonds. The normalized spacial score (nSPS) is 11.0. The molecule has 2 N–H and O–H groups in total. The Kier molecular flexibility index (Phi) is 6.88. The van der Waals surface area contributed by atoms with Crippen LogP contribution in [0, 0.1) is 11.8 Å². The van der Waals surface area contributed by atoms with Crippen LogP contribution in [0.3, 0.4) is 0 Å². The van der Waals surface area contributed by atoms with Gasteiger partial charge in [-0.1, -0.05) is 32.8 Å². The Bertz CT molecular complexity index is 1310. The lowest BCUT2D eigenvalue weighted by Gasteiger charge is -2.17. The van der Waals surface area contributed by atoms with Crippen molar-refractivity contribution in [2.75, 3.05) is 6.54 Å². The van der Waals surface area contributed by atoms with Crippen molar-refractivity contribution in [3.63, 3.8) is 0 Å². The molecule has 0 saturated heterocycles. The van der Waals surface area contributed by atoms with E-state index < -0.39 is 0 Å². The average Bonchev–Trinajstić information content (AvgIpc) is 3.54. The number of carbonyl (C=O) groups excluding carboxylic acids is 1. The van der Waals surface area contributed by atoms with E-state index in [4.69, 9.17) is 4.98 Å². The molecule has 0 saturated carbocycles. The van der Waals surface area contributed by atoms with Gasteiger partial charge in [0.25, 0.3) is 5.91 Å². The summed E-state index contributed by atoms with van der Waals surface area (Å²) in [5.74, 6) is 6.25. The van der Waals surface area contributed by atoms with Crippen LogP contribution in [-0.2, 0) is 11.8 Å². The minimum atomic E-state index is -0.130. The van der Waals surface area contributed by atoms with Gasteiger partial charge in [0, 0.05) is 41.8 Å². The molecule has 0 unspecified atom stereocenters. The molecule has 4 aromatic rings. The minimum Gasteiger partial charge on any atom is -0.352 e. The van der Waals surface area contributed by atoms with Crippen molar-refractivity contribution in [1.82, 2.24) is 30.3 Å². The molecule has 0 aliphatic carbocycles. The van der Waals surface area contributed by atoms with E-state index in [-0.39, 0.29) is 11.3 Å². The summed E-state index contributed by atoms with van der Waals surface area (Å²) in [6.07, 6.45) is 8.92. The molecule has 0 spiro atoms. The van der Waals surface area contributed by atoms with Crippen LogP contribution in [0.2, 0.25) is 0 Å². The van der Waals surface area contributed by atoms with E-state index in [1.165, 1.54) is 0 Å². The molecular formula is C27H28N6O. The quantitative estimate of drug-likeness (QED) is 0.341. The van der Waals surface area contributed by atoms with Gasteiger partial charge in [0.1, 0.15) is 5.69 Å². The van der Waals surface area contributed by atoms with E-state index in [0.717, 1.165) is 29.8 Å². The maximum Gasteiger partial charge on any atom is 0.251 e. The minimum absolute atomic E-state index is 0.0620. The Morgan fingerprint density at radius 2 is 2.03 bits per heavy atom. The Balaban J connectivity index is 1.55. The number of aromatic nitrogens is 5. The van der Waals surface area contributed by atoms with Gasteiger partial charge in [0.2, 0.25) is 0 Å². The number of rotatable bonds is 6. The van der Waals surface area contributed by atoms with E-state index in [0.29, 0.717) is 23.4 Å². The van der Waals surface area contributed by atoms with Crippen LogP contribution in [0.4, 0.5) is 0 Å². The van der Waals surface area contributed by atoms with Crippen molar-refractivity contribution < 1.29 is 4.79 Å². The maximum absolute atomic E-state index is 12.8. The molecule has 7 nitrogen and oxygen atoms in total. The third kappa shape index (κ3) is 5.78. The monoisotopic (exact) mass is 452 g/mol. The summed E-state index contributed by atoms with van der Waals surface area (Å²) in [5, 5.41) is 14.1. The maximum atomic E-state index is 12.8. The van der Waals surface area contributed by atoms with Crippen molar-refractivity contribution in [2.45, 2.75) is 39.0 Å². The van der Waals surface area contributed by atoms with Gasteiger partial charge in [0.15, 0.2) is 0 Å². The predicted octanol–water partition coefficient (Wildman–Crippen LogP) is 4.05. The fraction of sp³-hybridized carbons (Fsp3) is 0.259. The number of pyridine rings is 1. The van der Waals surface area contributed by atoms with Gasteiger partial charge >= 0.3 is 0 Å². The zero-order valence-corrected chi connectivity index (χ0v) is 19.7. The zero-order chi connectivity index (χ0) is 24.0. The molecule has 3 heterocycles. The van der Waals surface area contributed by atoms with Gasteiger partial charge in [-0.2, -0.15) is 10.2 Å². The second kappa shape index (κ2) is 10.2. The molecule has 34 heavy (non-hydrogen) atoms. The van der Waals surface area contributed by atoms with Crippen LogP contribution in [0.25, 0.3) is 5.69 Å². The molecule has 3 aromatic heterocycles. The van der Waals surface area contributed by atoms with Crippen LogP contribution in [0.1, 0.15) is 60.1 Å². The van der Waals surface area contributed by atoms with Crippen LogP contribution >= 0.6 is 0 Å². The van der Waals surface area contributed by atoms with Gasteiger partial charge in [-0.05, 0) is 60.7 Å². The molecule has 4 rings (SSSR count). The molecule has 0 radical (unpaired) electrons. The lowest BCUT2D eigenvalue weighted by molar-refractivity contribution is 0.0953. The van der Waals surface area contributed by atoms with E-state index in [1.54, 1.807) is 23.1 Å². The summed E-state index contributed by atoms with van der Waals surface area (Å²) in [7, 11) is 0. The summed E-state index contributed by atoms with van der Waals surface area (Å²) in [6.45, 7) is 6.95. The molecular weight excluding hydrogens is 424 g/mol. The van der Waals surface area contributed by atoms with E-state index in [1.807, 2.05) is 48.8 Å². The molecule has 0 aliphatic rings. The molecule has 1 aromatic carbocycles. The summed E-state index contributed by atoms with van der Waals surface area (Å²) in [5.41, 5.74) is 4.80. The van der Waals surface area contributed by atoms with Crippen LogP contribution in [0.15, 0.2) is 67.3 Å². The number of aryl methyl sites for hydroxylation is 1. The number of carbonyl (C=O) groups is 1. The largest absolute Gasteiger partial charge is 0.352 e. The van der Waals surface area contributed by atoms with Gasteiger partial charge in [-0.15, -0.1) is 0 Å². The second-order valence-electron chi connectivity index (χ2n) is 9.06. The summed E-state index contributed by atoms with van der Waals surface area (Å²) >= 11 is 0. The predicted molar refractivity (Wildman–Crippen MR) is 132 cm³/mol. The van der Waals surface area contributed by atoms with Gasteiger partial charge in [-0.3, -0.25) is 9.89 Å². The average molecular weight is 453 g/mol. The fourth-order valence-corrected chi connectivity index (χ4v) is 3.45. The first-order valence-corrected chi connectivity index (χ1v) is 11.3. The molecule has 0 aliphatic heterocycles. The standard InChI is InChI=1S/C27H28N6O/c1-27(2,3)25-9-4-8-23(32-25)12-10-21-17-22(11-13-24(21)33-16-6-15-31-33)26(34)28-14-5-7-20-18-29-30-19-20/h4,6,8-9,11,13,15-19H,5,7,14H2,1-3H3,(H,28,34)(H,29,30). The number of hydrogen-bond donors (Lipinski definition) is 2. The summed E-state index contributed by atoms with van der Waals surface area (Å²) < 4.78 is 1.75. The third-order valence-electron chi connectivity index (χ3n) is 5.34. The van der Waals surface area contributed by atoms with Gasteiger partial charge in [0.05, 0.1) is 17.4 Å². The van der Waals surface area contributed by atoms with Crippen molar-refractivity contribution in [2.24, 2.45) is 0 Å². The number of H-pyrrole nitrogens is 1. The smallest absolute Gasteiger partial charge is 0.251 e. The van der Waals surface area contributed by atoms with Crippen molar-refractivity contribution >= 4 is 5.91 Å². The molecule has 0 atom stereocenters. The van der Waals surface area contributed by atoms with E-state index >= 15 is 0 Å². The highest BCUT2D eigenvalue weighted by molar-refractivity contribution is 5.95. The lowest BCUT2D eigenvalue weighted by atomic mass is 9.91. The molecule has 172 valence electrons. The van der Waals surface area contributed by atoms with Crippen LogP contribution < -0.4 is 5.32 Å². The Hall–Kier alpha value is -4.18. The van der Waals surface area contributed by atoms with Crippen LogP contribution in [-0.4, -0.2) is 37.4 Å². The van der Waals surface area contributed by atoms with Crippen molar-refractivity contribution in [3.05, 3.63) is 95.3 Å². The fourth-order valence-electron chi connectivity index (χ4n) is 3.45. The first-order valence-electron chi connectivity index (χ1n) is 11.3. The number of hydrogen-bond acceptors (Lipinski definition) is 4. The lowest BCUT2D eigenvalue weighted by Crippen LogP contribution is -2.25. The van der Waals surface area contributed by atoms with Gasteiger partial charge in [-0.25, -0.2) is 9.67 Å².